The van der Waals surface area contributed by atoms with Gasteiger partial charge in [-0.2, -0.15) is 0 Å². The number of hydrogen-bond acceptors (Lipinski definition) is 6. The molecule has 7 heteroatoms. The zero-order chi connectivity index (χ0) is 43.0. The molecule has 5 heterocycles. The van der Waals surface area contributed by atoms with E-state index in [1.807, 2.05) is 36.4 Å². The van der Waals surface area contributed by atoms with Gasteiger partial charge in [-0.15, -0.1) is 0 Å². The molecule has 4 aromatic heterocycles. The van der Waals surface area contributed by atoms with Gasteiger partial charge in [-0.25, -0.2) is 9.98 Å². The summed E-state index contributed by atoms with van der Waals surface area (Å²) in [4.78, 5) is 10.9. The molecule has 0 bridgehead atoms. The molecule has 0 radical (unpaired) electrons. The van der Waals surface area contributed by atoms with Crippen LogP contribution < -0.4 is 5.32 Å². The first-order valence-corrected chi connectivity index (χ1v) is 22.2. The number of aliphatic imine (C=N–C) groups is 2. The molecule has 1 unspecified atom stereocenters. The second kappa shape index (κ2) is 13.3. The number of benzene rings is 10. The lowest BCUT2D eigenvalue weighted by molar-refractivity contribution is 0.655. The van der Waals surface area contributed by atoms with Crippen LogP contribution in [0.3, 0.4) is 0 Å². The number of nitrogens with one attached hydrogen (secondary N) is 1. The fraction of sp³-hybridized carbons (Fsp3) is 0.0169. The standard InChI is InChI=1S/C59H34N4O3/c1-2-13-35-28-49-46(27-34(35)12-1)40-15-5-8-18-48(40)63(49)38-31-47(55-45-26-21-33-11-3-4-14-39(33)56(45)66-54(55)32-38)59-61-57(36-22-24-43-41-16-6-9-19-50(41)64-52(43)29-36)60-58(62-59)37-23-25-44-42-17-7-10-20-51(42)65-53(44)30-37/h1-32,57H,(H,60,61,62). The molecule has 0 fully saturated rings. The van der Waals surface area contributed by atoms with Gasteiger partial charge in [0.15, 0.2) is 5.84 Å². The average Bonchev–Trinajstić information content (AvgIpc) is 4.13. The molecule has 0 spiro atoms. The number of fused-ring (bicyclic) bond motifs is 15. The predicted octanol–water partition coefficient (Wildman–Crippen LogP) is 15.3. The molecule has 0 saturated heterocycles. The van der Waals surface area contributed by atoms with E-state index in [1.165, 1.54) is 21.5 Å². The number of nitrogens with zero attached hydrogens (tertiary/aromatic N) is 3. The van der Waals surface area contributed by atoms with Crippen LogP contribution in [0.25, 0.3) is 115 Å². The number of aromatic nitrogens is 1. The molecule has 308 valence electrons. The molecule has 15 rings (SSSR count). The summed E-state index contributed by atoms with van der Waals surface area (Å²) in [5, 5.41) is 17.0. The molecule has 10 aromatic carbocycles. The van der Waals surface area contributed by atoms with Gasteiger partial charge in [0.2, 0.25) is 0 Å². The van der Waals surface area contributed by atoms with Crippen LogP contribution in [0, 0.1) is 0 Å². The van der Waals surface area contributed by atoms with E-state index in [1.54, 1.807) is 0 Å². The van der Waals surface area contributed by atoms with Crippen LogP contribution in [0.2, 0.25) is 0 Å². The minimum absolute atomic E-state index is 0.520. The summed E-state index contributed by atoms with van der Waals surface area (Å²) in [6.45, 7) is 0. The molecule has 1 aliphatic heterocycles. The number of amidine groups is 2. The van der Waals surface area contributed by atoms with Crippen molar-refractivity contribution in [3.63, 3.8) is 0 Å². The van der Waals surface area contributed by atoms with E-state index in [2.05, 4.69) is 168 Å². The summed E-state index contributed by atoms with van der Waals surface area (Å²) < 4.78 is 22.3. The van der Waals surface area contributed by atoms with Crippen molar-refractivity contribution < 1.29 is 13.3 Å². The number of para-hydroxylation sites is 3. The van der Waals surface area contributed by atoms with E-state index in [-0.39, 0.29) is 0 Å². The Hall–Kier alpha value is -8.94. The number of furan rings is 3. The summed E-state index contributed by atoms with van der Waals surface area (Å²) >= 11 is 0. The third kappa shape index (κ3) is 5.13. The van der Waals surface area contributed by atoms with Crippen LogP contribution in [0.4, 0.5) is 0 Å². The first-order valence-electron chi connectivity index (χ1n) is 22.2. The molecule has 0 aliphatic carbocycles. The highest BCUT2D eigenvalue weighted by Gasteiger charge is 2.27. The van der Waals surface area contributed by atoms with Crippen molar-refractivity contribution >= 4 is 121 Å². The fourth-order valence-corrected chi connectivity index (χ4v) is 10.5. The molecule has 14 aromatic rings. The Bertz CT molecular complexity index is 4460. The molecule has 1 aliphatic rings. The van der Waals surface area contributed by atoms with Crippen LogP contribution >= 0.6 is 0 Å². The summed E-state index contributed by atoms with van der Waals surface area (Å²) in [5.41, 5.74) is 10.7. The van der Waals surface area contributed by atoms with Crippen molar-refractivity contribution in [1.82, 2.24) is 9.88 Å². The van der Waals surface area contributed by atoms with Gasteiger partial charge in [0, 0.05) is 71.2 Å². The molecule has 66 heavy (non-hydrogen) atoms. The van der Waals surface area contributed by atoms with Gasteiger partial charge < -0.3 is 23.1 Å². The maximum absolute atomic E-state index is 7.06. The lowest BCUT2D eigenvalue weighted by Crippen LogP contribution is -2.33. The van der Waals surface area contributed by atoms with E-state index in [4.69, 9.17) is 23.2 Å². The van der Waals surface area contributed by atoms with Crippen molar-refractivity contribution in [3.05, 3.63) is 211 Å². The van der Waals surface area contributed by atoms with Crippen molar-refractivity contribution in [2.75, 3.05) is 0 Å². The van der Waals surface area contributed by atoms with E-state index >= 15 is 0 Å². The highest BCUT2D eigenvalue weighted by Crippen LogP contribution is 2.42. The SMILES string of the molecule is c1ccc2cc3c(cc2c1)c1ccccc1n3-c1cc(C2=NC(c3ccc4c(c3)oc3ccccc34)=NC(c3ccc4c(c3)oc3ccccc34)N2)c2c(c1)oc1c3ccccc3ccc12. The smallest absolute Gasteiger partial charge is 0.159 e. The van der Waals surface area contributed by atoms with Crippen LogP contribution in [0.1, 0.15) is 22.9 Å². The molecule has 1 N–H and O–H groups in total. The van der Waals surface area contributed by atoms with Crippen molar-refractivity contribution in [3.8, 4) is 5.69 Å². The van der Waals surface area contributed by atoms with Gasteiger partial charge in [-0.1, -0.05) is 127 Å². The van der Waals surface area contributed by atoms with Crippen molar-refractivity contribution in [1.29, 1.82) is 0 Å². The highest BCUT2D eigenvalue weighted by molar-refractivity contribution is 6.25. The van der Waals surface area contributed by atoms with E-state index < -0.39 is 6.17 Å². The lowest BCUT2D eigenvalue weighted by Gasteiger charge is -2.24. The van der Waals surface area contributed by atoms with Crippen LogP contribution in [-0.4, -0.2) is 16.2 Å². The van der Waals surface area contributed by atoms with Gasteiger partial charge >= 0.3 is 0 Å². The summed E-state index contributed by atoms with van der Waals surface area (Å²) in [7, 11) is 0. The zero-order valence-corrected chi connectivity index (χ0v) is 35.1. The molecule has 0 saturated carbocycles. The molecular weight excluding hydrogens is 813 g/mol. The maximum atomic E-state index is 7.06. The fourth-order valence-electron chi connectivity index (χ4n) is 10.5. The second-order valence-electron chi connectivity index (χ2n) is 17.3. The van der Waals surface area contributed by atoms with Crippen LogP contribution in [-0.2, 0) is 0 Å². The largest absolute Gasteiger partial charge is 0.456 e. The molecule has 7 nitrogen and oxygen atoms in total. The molecule has 0 amide bonds. The maximum Gasteiger partial charge on any atom is 0.159 e. The number of hydrogen-bond donors (Lipinski definition) is 1. The van der Waals surface area contributed by atoms with Crippen LogP contribution in [0.5, 0.6) is 0 Å². The third-order valence-electron chi connectivity index (χ3n) is 13.6. The Labute approximate surface area is 375 Å². The first-order chi connectivity index (χ1) is 32.7. The number of rotatable bonds is 4. The Morgan fingerprint density at radius 1 is 0.424 bits per heavy atom. The van der Waals surface area contributed by atoms with Crippen LogP contribution in [0.15, 0.2) is 217 Å². The van der Waals surface area contributed by atoms with Gasteiger partial charge in [0.1, 0.15) is 45.5 Å². The summed E-state index contributed by atoms with van der Waals surface area (Å²) in [6, 6.07) is 68.1. The minimum atomic E-state index is -0.520. The zero-order valence-electron chi connectivity index (χ0n) is 35.1. The Balaban J connectivity index is 1.01. The Morgan fingerprint density at radius 3 is 1.86 bits per heavy atom. The van der Waals surface area contributed by atoms with Gasteiger partial charge in [0.25, 0.3) is 0 Å². The summed E-state index contributed by atoms with van der Waals surface area (Å²) in [6.07, 6.45) is -0.520. The van der Waals surface area contributed by atoms with Gasteiger partial charge in [0.05, 0.1) is 16.7 Å². The van der Waals surface area contributed by atoms with Gasteiger partial charge in [-0.3, -0.25) is 0 Å². The molecular formula is C59H34N4O3. The van der Waals surface area contributed by atoms with E-state index in [0.29, 0.717) is 11.7 Å². The van der Waals surface area contributed by atoms with Crippen molar-refractivity contribution in [2.45, 2.75) is 6.17 Å². The monoisotopic (exact) mass is 846 g/mol. The van der Waals surface area contributed by atoms with Crippen molar-refractivity contribution in [2.24, 2.45) is 9.98 Å². The first kappa shape index (κ1) is 35.5. The topological polar surface area (TPSA) is 81.1 Å². The third-order valence-corrected chi connectivity index (χ3v) is 13.6. The summed E-state index contributed by atoms with van der Waals surface area (Å²) in [5.74, 6) is 1.26. The minimum Gasteiger partial charge on any atom is -0.456 e. The lowest BCUT2D eigenvalue weighted by atomic mass is 10.0. The average molecular weight is 847 g/mol. The molecule has 1 atom stereocenters. The quantitative estimate of drug-likeness (QED) is 0.191. The van der Waals surface area contributed by atoms with E-state index in [0.717, 1.165) is 110 Å². The predicted molar refractivity (Wildman–Crippen MR) is 269 cm³/mol. The normalized spacial score (nSPS) is 14.5. The Morgan fingerprint density at radius 2 is 1.06 bits per heavy atom. The highest BCUT2D eigenvalue weighted by atomic mass is 16.3. The van der Waals surface area contributed by atoms with E-state index in [9.17, 15) is 0 Å². The second-order valence-corrected chi connectivity index (χ2v) is 17.3. The van der Waals surface area contributed by atoms with Gasteiger partial charge in [-0.05, 0) is 76.8 Å². The Kier molecular flexibility index (Phi) is 7.15.